The van der Waals surface area contributed by atoms with Gasteiger partial charge >= 0.3 is 0 Å². The van der Waals surface area contributed by atoms with E-state index in [4.69, 9.17) is 0 Å². The first kappa shape index (κ1) is 9.08. The van der Waals surface area contributed by atoms with Crippen LogP contribution in [-0.4, -0.2) is 34.0 Å². The predicted molar refractivity (Wildman–Crippen MR) is 50.3 cm³/mol. The molecule has 14 heavy (non-hydrogen) atoms. The number of amides is 1. The Hall–Kier alpha value is -1.49. The number of carbonyl (C=O) groups is 1. The lowest BCUT2D eigenvalue weighted by atomic mass is 10.3. The van der Waals surface area contributed by atoms with Crippen LogP contribution in [0.5, 0.6) is 0 Å². The maximum Gasteiger partial charge on any atom is 0.268 e. The molecule has 1 N–H and O–H groups in total. The predicted octanol–water partition coefficient (Wildman–Crippen LogP) is 0.217. The minimum absolute atomic E-state index is 0.132. The van der Waals surface area contributed by atoms with Crippen molar-refractivity contribution >= 4 is 5.91 Å². The van der Waals surface area contributed by atoms with Crippen LogP contribution >= 0.6 is 0 Å². The summed E-state index contributed by atoms with van der Waals surface area (Å²) in [4.78, 5) is 19.1. The van der Waals surface area contributed by atoms with Crippen molar-refractivity contribution in [1.82, 2.24) is 20.4 Å². The van der Waals surface area contributed by atoms with E-state index in [1.54, 1.807) is 0 Å². The molecule has 5 nitrogen and oxygen atoms in total. The van der Waals surface area contributed by atoms with Gasteiger partial charge in [-0.1, -0.05) is 0 Å². The van der Waals surface area contributed by atoms with Crippen LogP contribution in [0.25, 0.3) is 0 Å². The van der Waals surface area contributed by atoms with Gasteiger partial charge in [-0.15, -0.1) is 0 Å². The largest absolute Gasteiger partial charge is 0.285 e. The van der Waals surface area contributed by atoms with Gasteiger partial charge in [0, 0.05) is 25.5 Å². The Morgan fingerprint density at radius 1 is 1.29 bits per heavy atom. The molecule has 5 heteroatoms. The maximum absolute atomic E-state index is 11.6. The molecule has 0 aliphatic carbocycles. The van der Waals surface area contributed by atoms with E-state index in [0.29, 0.717) is 5.56 Å². The summed E-state index contributed by atoms with van der Waals surface area (Å²) < 4.78 is 0. The molecular weight excluding hydrogens is 180 g/mol. The van der Waals surface area contributed by atoms with E-state index in [1.807, 2.05) is 5.01 Å². The molecule has 1 aliphatic rings. The van der Waals surface area contributed by atoms with E-state index in [0.717, 1.165) is 25.9 Å². The van der Waals surface area contributed by atoms with Crippen molar-refractivity contribution < 1.29 is 4.79 Å². The number of hydrazine groups is 1. The summed E-state index contributed by atoms with van der Waals surface area (Å²) in [5.74, 6) is -0.132. The first-order valence-electron chi connectivity index (χ1n) is 4.67. The van der Waals surface area contributed by atoms with Crippen molar-refractivity contribution in [3.05, 3.63) is 24.3 Å². The van der Waals surface area contributed by atoms with Crippen LogP contribution < -0.4 is 5.43 Å². The first-order valence-corrected chi connectivity index (χ1v) is 4.67. The van der Waals surface area contributed by atoms with Gasteiger partial charge in [-0.05, 0) is 12.8 Å². The molecule has 1 saturated heterocycles. The topological polar surface area (TPSA) is 58.1 Å². The second-order valence-corrected chi connectivity index (χ2v) is 3.26. The summed E-state index contributed by atoms with van der Waals surface area (Å²) in [7, 11) is 0. The van der Waals surface area contributed by atoms with Crippen molar-refractivity contribution in [2.75, 3.05) is 13.1 Å². The fourth-order valence-electron chi connectivity index (χ4n) is 1.45. The van der Waals surface area contributed by atoms with Crippen molar-refractivity contribution in [2.24, 2.45) is 0 Å². The van der Waals surface area contributed by atoms with Crippen LogP contribution in [-0.2, 0) is 0 Å². The third-order valence-electron chi connectivity index (χ3n) is 2.19. The van der Waals surface area contributed by atoms with Gasteiger partial charge in [0.1, 0.15) is 6.33 Å². The average molecular weight is 192 g/mol. The van der Waals surface area contributed by atoms with Crippen LogP contribution in [0.2, 0.25) is 0 Å². The molecule has 0 unspecified atom stereocenters. The number of hydrogen-bond donors (Lipinski definition) is 1. The molecule has 0 atom stereocenters. The number of hydrogen-bond acceptors (Lipinski definition) is 4. The fourth-order valence-corrected chi connectivity index (χ4v) is 1.45. The van der Waals surface area contributed by atoms with Crippen LogP contribution in [0.4, 0.5) is 0 Å². The van der Waals surface area contributed by atoms with Crippen LogP contribution in [0, 0.1) is 0 Å². The minimum atomic E-state index is -0.132. The molecule has 0 bridgehead atoms. The smallest absolute Gasteiger partial charge is 0.268 e. The second-order valence-electron chi connectivity index (χ2n) is 3.26. The molecule has 74 valence electrons. The third kappa shape index (κ3) is 2.05. The molecule has 0 spiro atoms. The highest BCUT2D eigenvalue weighted by atomic mass is 16.2. The number of carbonyl (C=O) groups excluding carboxylic acids is 1. The van der Waals surface area contributed by atoms with Gasteiger partial charge < -0.3 is 0 Å². The molecular formula is C9H12N4O. The van der Waals surface area contributed by atoms with Gasteiger partial charge in [0.25, 0.3) is 5.91 Å². The number of nitrogens with one attached hydrogen (secondary N) is 1. The van der Waals surface area contributed by atoms with Crippen molar-refractivity contribution in [2.45, 2.75) is 12.8 Å². The normalized spacial score (nSPS) is 16.9. The van der Waals surface area contributed by atoms with E-state index < -0.39 is 0 Å². The Bertz CT molecular complexity index is 308. The van der Waals surface area contributed by atoms with Crippen molar-refractivity contribution in [3.8, 4) is 0 Å². The lowest BCUT2D eigenvalue weighted by Gasteiger charge is -2.15. The molecule has 0 saturated carbocycles. The van der Waals surface area contributed by atoms with Crippen molar-refractivity contribution in [1.29, 1.82) is 0 Å². The molecule has 0 radical (unpaired) electrons. The average Bonchev–Trinajstić information content (AvgIpc) is 2.72. The Morgan fingerprint density at radius 3 is 2.57 bits per heavy atom. The van der Waals surface area contributed by atoms with Gasteiger partial charge in [0.05, 0.1) is 5.56 Å². The SMILES string of the molecule is O=C(NN1CCCC1)c1cncnc1. The lowest BCUT2D eigenvalue weighted by molar-refractivity contribution is 0.0825. The van der Waals surface area contributed by atoms with Crippen LogP contribution in [0.1, 0.15) is 23.2 Å². The molecule has 1 fully saturated rings. The molecule has 1 aromatic heterocycles. The van der Waals surface area contributed by atoms with E-state index in [9.17, 15) is 4.79 Å². The molecule has 1 aromatic rings. The Kier molecular flexibility index (Phi) is 2.69. The molecule has 1 aliphatic heterocycles. The summed E-state index contributed by atoms with van der Waals surface area (Å²) in [6.07, 6.45) is 6.72. The summed E-state index contributed by atoms with van der Waals surface area (Å²) in [6.45, 7) is 1.86. The number of rotatable bonds is 2. The fraction of sp³-hybridized carbons (Fsp3) is 0.444. The summed E-state index contributed by atoms with van der Waals surface area (Å²) in [5.41, 5.74) is 3.31. The quantitative estimate of drug-likeness (QED) is 0.728. The Morgan fingerprint density at radius 2 is 1.93 bits per heavy atom. The summed E-state index contributed by atoms with van der Waals surface area (Å²) >= 11 is 0. The zero-order chi connectivity index (χ0) is 9.80. The molecule has 2 heterocycles. The van der Waals surface area contributed by atoms with E-state index >= 15 is 0 Å². The van der Waals surface area contributed by atoms with E-state index in [1.165, 1.54) is 18.7 Å². The molecule has 0 aromatic carbocycles. The summed E-state index contributed by atoms with van der Waals surface area (Å²) in [5, 5.41) is 1.93. The molecule has 2 rings (SSSR count). The van der Waals surface area contributed by atoms with Crippen molar-refractivity contribution in [3.63, 3.8) is 0 Å². The van der Waals surface area contributed by atoms with Gasteiger partial charge in [0.15, 0.2) is 0 Å². The zero-order valence-corrected chi connectivity index (χ0v) is 7.81. The standard InChI is InChI=1S/C9H12N4O/c14-9(8-5-10-7-11-6-8)12-13-3-1-2-4-13/h5-7H,1-4H2,(H,12,14). The zero-order valence-electron chi connectivity index (χ0n) is 7.81. The highest BCUT2D eigenvalue weighted by Crippen LogP contribution is 2.04. The molecule has 1 amide bonds. The third-order valence-corrected chi connectivity index (χ3v) is 2.19. The monoisotopic (exact) mass is 192 g/mol. The number of aromatic nitrogens is 2. The minimum Gasteiger partial charge on any atom is -0.285 e. The highest BCUT2D eigenvalue weighted by Gasteiger charge is 2.14. The van der Waals surface area contributed by atoms with Crippen LogP contribution in [0.15, 0.2) is 18.7 Å². The van der Waals surface area contributed by atoms with Gasteiger partial charge in [-0.2, -0.15) is 0 Å². The van der Waals surface area contributed by atoms with Crippen LogP contribution in [0.3, 0.4) is 0 Å². The Balaban J connectivity index is 1.95. The highest BCUT2D eigenvalue weighted by molar-refractivity contribution is 5.93. The van der Waals surface area contributed by atoms with E-state index in [-0.39, 0.29) is 5.91 Å². The van der Waals surface area contributed by atoms with Gasteiger partial charge in [-0.25, -0.2) is 15.0 Å². The maximum atomic E-state index is 11.6. The first-order chi connectivity index (χ1) is 6.86. The lowest BCUT2D eigenvalue weighted by Crippen LogP contribution is -2.40. The summed E-state index contributed by atoms with van der Waals surface area (Å²) in [6, 6.07) is 0. The second kappa shape index (κ2) is 4.15. The van der Waals surface area contributed by atoms with Gasteiger partial charge in [-0.3, -0.25) is 10.2 Å². The Labute approximate surface area is 82.1 Å². The van der Waals surface area contributed by atoms with Gasteiger partial charge in [0.2, 0.25) is 0 Å². The number of nitrogens with zero attached hydrogens (tertiary/aromatic N) is 3. The van der Waals surface area contributed by atoms with E-state index in [2.05, 4.69) is 15.4 Å².